The first-order valence-corrected chi connectivity index (χ1v) is 13.8. The van der Waals surface area contributed by atoms with Crippen molar-refractivity contribution in [2.75, 3.05) is 59.0 Å². The average Bonchev–Trinajstić information content (AvgIpc) is 3.34. The zero-order chi connectivity index (χ0) is 24.1. The van der Waals surface area contributed by atoms with Crippen molar-refractivity contribution in [1.82, 2.24) is 19.4 Å². The van der Waals surface area contributed by atoms with Gasteiger partial charge in [-0.1, -0.05) is 11.6 Å². The molecule has 12 heteroatoms. The predicted octanol–water partition coefficient (Wildman–Crippen LogP) is 1.29. The van der Waals surface area contributed by atoms with Crippen molar-refractivity contribution in [1.29, 1.82) is 0 Å². The highest BCUT2D eigenvalue weighted by Gasteiger charge is 2.31. The Morgan fingerprint density at radius 3 is 2.41 bits per heavy atom. The van der Waals surface area contributed by atoms with Gasteiger partial charge in [0.2, 0.25) is 0 Å². The van der Waals surface area contributed by atoms with E-state index in [0.29, 0.717) is 69.6 Å². The van der Waals surface area contributed by atoms with Gasteiger partial charge < -0.3 is 15.2 Å². The number of nitrogens with zero attached hydrogens (tertiary/aromatic N) is 3. The summed E-state index contributed by atoms with van der Waals surface area (Å²) in [5, 5.41) is 13.8. The van der Waals surface area contributed by atoms with Gasteiger partial charge in [0.15, 0.2) is 0 Å². The van der Waals surface area contributed by atoms with Crippen LogP contribution in [-0.2, 0) is 21.3 Å². The van der Waals surface area contributed by atoms with Crippen molar-refractivity contribution in [3.05, 3.63) is 51.9 Å². The second-order valence-corrected chi connectivity index (χ2v) is 12.0. The number of hydrogen-bond acceptors (Lipinski definition) is 8. The maximum absolute atomic E-state index is 13.1. The van der Waals surface area contributed by atoms with Gasteiger partial charge in [-0.25, -0.2) is 8.42 Å². The Kier molecular flexibility index (Phi) is 8.59. The molecule has 1 atom stereocenters. The summed E-state index contributed by atoms with van der Waals surface area (Å²) in [7, 11) is -3.60. The molecule has 9 nitrogen and oxygen atoms in total. The van der Waals surface area contributed by atoms with E-state index in [4.69, 9.17) is 16.3 Å². The SMILES string of the molecule is O=C(NCc1ccc(S(=O)(=O)N2CCN(CC(O)N3CCOCC3)CC2)s1)c1ccc(Cl)cc1. The fourth-order valence-corrected chi connectivity index (χ4v) is 6.96. The summed E-state index contributed by atoms with van der Waals surface area (Å²) >= 11 is 7.02. The zero-order valence-electron chi connectivity index (χ0n) is 18.7. The molecule has 0 aliphatic carbocycles. The minimum absolute atomic E-state index is 0.245. The van der Waals surface area contributed by atoms with Crippen LogP contribution in [0.4, 0.5) is 0 Å². The molecule has 1 aromatic carbocycles. The van der Waals surface area contributed by atoms with Gasteiger partial charge in [-0.3, -0.25) is 14.6 Å². The third kappa shape index (κ3) is 6.35. The lowest BCUT2D eigenvalue weighted by Crippen LogP contribution is -2.54. The first-order chi connectivity index (χ1) is 16.3. The van der Waals surface area contributed by atoms with Gasteiger partial charge in [0.25, 0.3) is 15.9 Å². The van der Waals surface area contributed by atoms with E-state index in [9.17, 15) is 18.3 Å². The normalized spacial score (nSPS) is 19.7. The van der Waals surface area contributed by atoms with Crippen molar-refractivity contribution in [3.8, 4) is 0 Å². The molecule has 2 aliphatic heterocycles. The van der Waals surface area contributed by atoms with E-state index in [1.54, 1.807) is 36.4 Å². The Bertz CT molecular complexity index is 1070. The molecule has 2 aromatic rings. The van der Waals surface area contributed by atoms with Crippen LogP contribution in [0.5, 0.6) is 0 Å². The van der Waals surface area contributed by atoms with E-state index in [1.807, 2.05) is 4.90 Å². The molecule has 186 valence electrons. The van der Waals surface area contributed by atoms with Gasteiger partial charge in [0, 0.05) is 61.3 Å². The largest absolute Gasteiger partial charge is 0.379 e. The zero-order valence-corrected chi connectivity index (χ0v) is 21.1. The Hall–Kier alpha value is -1.57. The molecule has 2 aliphatic rings. The molecule has 2 saturated heterocycles. The number of hydrogen-bond donors (Lipinski definition) is 2. The number of nitrogens with one attached hydrogen (secondary N) is 1. The number of carbonyl (C=O) groups excluding carboxylic acids is 1. The Morgan fingerprint density at radius 2 is 1.74 bits per heavy atom. The van der Waals surface area contributed by atoms with Gasteiger partial charge in [0.1, 0.15) is 10.4 Å². The fourth-order valence-electron chi connectivity index (χ4n) is 3.96. The number of halogens is 1. The van der Waals surface area contributed by atoms with Gasteiger partial charge >= 0.3 is 0 Å². The Labute approximate surface area is 208 Å². The lowest BCUT2D eigenvalue weighted by Gasteiger charge is -2.38. The van der Waals surface area contributed by atoms with Gasteiger partial charge in [-0.2, -0.15) is 4.31 Å². The maximum atomic E-state index is 13.1. The second-order valence-electron chi connectivity index (χ2n) is 8.24. The molecule has 0 saturated carbocycles. The molecule has 1 aromatic heterocycles. The number of morpholine rings is 1. The van der Waals surface area contributed by atoms with Crippen LogP contribution in [0, 0.1) is 0 Å². The summed E-state index contributed by atoms with van der Waals surface area (Å²) in [6.45, 7) is 5.27. The molecule has 0 radical (unpaired) electrons. The highest BCUT2D eigenvalue weighted by Crippen LogP contribution is 2.26. The number of ether oxygens (including phenoxy) is 1. The van der Waals surface area contributed by atoms with Crippen LogP contribution in [0.1, 0.15) is 15.2 Å². The number of rotatable bonds is 8. The maximum Gasteiger partial charge on any atom is 0.252 e. The van der Waals surface area contributed by atoms with Crippen LogP contribution >= 0.6 is 22.9 Å². The van der Waals surface area contributed by atoms with Crippen LogP contribution in [0.2, 0.25) is 5.02 Å². The van der Waals surface area contributed by atoms with E-state index in [-0.39, 0.29) is 16.7 Å². The summed E-state index contributed by atoms with van der Waals surface area (Å²) < 4.78 is 33.3. The lowest BCUT2D eigenvalue weighted by atomic mass is 10.2. The highest BCUT2D eigenvalue weighted by atomic mass is 35.5. The Balaban J connectivity index is 1.27. The van der Waals surface area contributed by atoms with Gasteiger partial charge in [-0.05, 0) is 36.4 Å². The van der Waals surface area contributed by atoms with Crippen molar-refractivity contribution >= 4 is 38.9 Å². The van der Waals surface area contributed by atoms with Crippen LogP contribution in [0.25, 0.3) is 0 Å². The van der Waals surface area contributed by atoms with Crippen molar-refractivity contribution in [2.45, 2.75) is 17.0 Å². The van der Waals surface area contributed by atoms with Crippen LogP contribution < -0.4 is 5.32 Å². The van der Waals surface area contributed by atoms with Gasteiger partial charge in [-0.15, -0.1) is 11.3 Å². The average molecular weight is 529 g/mol. The van der Waals surface area contributed by atoms with E-state index >= 15 is 0 Å². The minimum Gasteiger partial charge on any atom is -0.379 e. The van der Waals surface area contributed by atoms with E-state index in [2.05, 4.69) is 10.2 Å². The third-order valence-corrected chi connectivity index (χ3v) is 9.68. The highest BCUT2D eigenvalue weighted by molar-refractivity contribution is 7.91. The topological polar surface area (TPSA) is 102 Å². The molecule has 34 heavy (non-hydrogen) atoms. The van der Waals surface area contributed by atoms with E-state index < -0.39 is 16.3 Å². The third-order valence-electron chi connectivity index (χ3n) is 5.98. The minimum atomic E-state index is -3.60. The molecule has 0 spiro atoms. The number of aliphatic hydroxyl groups excluding tert-OH is 1. The smallest absolute Gasteiger partial charge is 0.252 e. The van der Waals surface area contributed by atoms with E-state index in [0.717, 1.165) is 4.88 Å². The monoisotopic (exact) mass is 528 g/mol. The summed E-state index contributed by atoms with van der Waals surface area (Å²) in [6.07, 6.45) is -0.574. The first-order valence-electron chi connectivity index (χ1n) is 11.2. The quantitative estimate of drug-likeness (QED) is 0.532. The molecular weight excluding hydrogens is 500 g/mol. The van der Waals surface area contributed by atoms with Crippen molar-refractivity contribution in [3.63, 3.8) is 0 Å². The number of thiophene rings is 1. The molecule has 2 N–H and O–H groups in total. The molecule has 1 amide bonds. The van der Waals surface area contributed by atoms with E-state index in [1.165, 1.54) is 15.6 Å². The van der Waals surface area contributed by atoms with Crippen molar-refractivity contribution < 1.29 is 23.1 Å². The molecule has 0 bridgehead atoms. The number of piperazine rings is 1. The number of aliphatic hydroxyl groups is 1. The summed E-state index contributed by atoms with van der Waals surface area (Å²) in [5.74, 6) is -0.245. The lowest BCUT2D eigenvalue weighted by molar-refractivity contribution is -0.0729. The van der Waals surface area contributed by atoms with Crippen LogP contribution in [0.3, 0.4) is 0 Å². The first kappa shape index (κ1) is 25.5. The molecular formula is C22H29ClN4O5S2. The number of sulfonamides is 1. The summed E-state index contributed by atoms with van der Waals surface area (Å²) in [4.78, 5) is 17.1. The van der Waals surface area contributed by atoms with Crippen molar-refractivity contribution in [2.24, 2.45) is 0 Å². The number of benzene rings is 1. The van der Waals surface area contributed by atoms with Crippen LogP contribution in [-0.4, -0.2) is 98.8 Å². The number of β-amino-alcohol motifs (C(OH)–C–C–N with tert-alkyl or cyclic N) is 1. The van der Waals surface area contributed by atoms with Crippen LogP contribution in [0.15, 0.2) is 40.6 Å². The standard InChI is InChI=1S/C22H29ClN4O5S2/c23-18-3-1-17(2-4-18)22(29)24-15-19-5-6-21(33-19)34(30,31)27-9-7-25(8-10-27)16-20(28)26-11-13-32-14-12-26/h1-6,20,28H,7-16H2,(H,24,29). The number of carbonyl (C=O) groups is 1. The second kappa shape index (κ2) is 11.4. The summed E-state index contributed by atoms with van der Waals surface area (Å²) in [5.41, 5.74) is 0.491. The molecule has 1 unspecified atom stereocenters. The molecule has 4 rings (SSSR count). The molecule has 2 fully saturated rings. The summed E-state index contributed by atoms with van der Waals surface area (Å²) in [6, 6.07) is 9.90. The van der Waals surface area contributed by atoms with Gasteiger partial charge in [0.05, 0.1) is 19.8 Å². The number of amides is 1. The fraction of sp³-hybridized carbons (Fsp3) is 0.500. The predicted molar refractivity (Wildman–Crippen MR) is 131 cm³/mol. The molecule has 3 heterocycles. The Morgan fingerprint density at radius 1 is 1.06 bits per heavy atom.